The maximum absolute atomic E-state index is 13.9. The van der Waals surface area contributed by atoms with Gasteiger partial charge in [-0.2, -0.15) is 0 Å². The second kappa shape index (κ2) is 11.1. The molecule has 0 bridgehead atoms. The van der Waals surface area contributed by atoms with Crippen molar-refractivity contribution < 1.29 is 39.6 Å². The van der Waals surface area contributed by atoms with Crippen molar-refractivity contribution in [3.05, 3.63) is 64.4 Å². The van der Waals surface area contributed by atoms with Crippen LogP contribution in [-0.4, -0.2) is 70.1 Å². The number of nitrogens with two attached hydrogens (primary N) is 1. The molecule has 0 saturated carbocycles. The molecule has 0 heterocycles. The highest BCUT2D eigenvalue weighted by Crippen LogP contribution is 2.51. The molecule has 0 unspecified atom stereocenters. The fraction of sp³-hybridized carbons (Fsp3) is 0.379. The molecule has 7 N–H and O–H groups in total. The van der Waals surface area contributed by atoms with E-state index in [0.29, 0.717) is 11.3 Å². The summed E-state index contributed by atoms with van der Waals surface area (Å²) < 4.78 is 0. The number of anilines is 2. The van der Waals surface area contributed by atoms with E-state index in [1.165, 1.54) is 0 Å². The molecule has 2 aromatic rings. The maximum atomic E-state index is 13.9. The summed E-state index contributed by atoms with van der Waals surface area (Å²) in [5.74, 6) is -6.38. The largest absolute Gasteiger partial charge is 0.508 e. The highest BCUT2D eigenvalue weighted by molar-refractivity contribution is 6.17. The monoisotopic (exact) mass is 551 g/mol. The fourth-order valence-corrected chi connectivity index (χ4v) is 5.84. The number of amides is 2. The number of carbonyl (C=O) groups is 4. The van der Waals surface area contributed by atoms with Crippen molar-refractivity contribution in [3.8, 4) is 5.75 Å². The van der Waals surface area contributed by atoms with Crippen LogP contribution in [0.4, 0.5) is 11.4 Å². The second-order valence-electron chi connectivity index (χ2n) is 10.5. The summed E-state index contributed by atoms with van der Waals surface area (Å²) in [6.45, 7) is -0.410. The van der Waals surface area contributed by atoms with E-state index in [2.05, 4.69) is 5.32 Å². The molecule has 212 valence electrons. The highest BCUT2D eigenvalue weighted by atomic mass is 16.3. The third-order valence-electron chi connectivity index (χ3n) is 7.69. The first-order valence-corrected chi connectivity index (χ1v) is 12.9. The van der Waals surface area contributed by atoms with Crippen LogP contribution in [0.1, 0.15) is 40.7 Å². The van der Waals surface area contributed by atoms with Crippen LogP contribution in [0.3, 0.4) is 0 Å². The number of nitrogens with one attached hydrogen (secondary N) is 1. The van der Waals surface area contributed by atoms with E-state index in [1.54, 1.807) is 49.3 Å². The number of ketones is 2. The Kier molecular flexibility index (Phi) is 7.99. The van der Waals surface area contributed by atoms with Crippen molar-refractivity contribution in [2.75, 3.05) is 30.9 Å². The lowest BCUT2D eigenvalue weighted by atomic mass is 9.62. The SMILES string of the molecule is CN(C)c1cc(NC(=O)Cc2ccccc2)c(O)c2c1C[C@H]1C[C@@H](CCO)[C@@](O)(C(=O)CC(N)=O)C(O)=C1C2=O. The summed E-state index contributed by atoms with van der Waals surface area (Å²) in [6, 6.07) is 10.5. The lowest BCUT2D eigenvalue weighted by Gasteiger charge is -2.44. The van der Waals surface area contributed by atoms with Crippen LogP contribution < -0.4 is 16.0 Å². The minimum absolute atomic E-state index is 0.00990. The molecular formula is C29H33N3O8. The molecule has 3 atom stereocenters. The molecule has 2 aliphatic carbocycles. The minimum atomic E-state index is -2.61. The zero-order valence-electron chi connectivity index (χ0n) is 22.3. The van der Waals surface area contributed by atoms with Gasteiger partial charge in [0.25, 0.3) is 0 Å². The van der Waals surface area contributed by atoms with Gasteiger partial charge in [0.1, 0.15) is 5.76 Å². The average molecular weight is 552 g/mol. The van der Waals surface area contributed by atoms with E-state index < -0.39 is 65.4 Å². The van der Waals surface area contributed by atoms with Gasteiger partial charge in [-0.3, -0.25) is 19.2 Å². The number of fused-ring (bicyclic) bond motifs is 2. The van der Waals surface area contributed by atoms with E-state index >= 15 is 0 Å². The molecular weight excluding hydrogens is 518 g/mol. The smallest absolute Gasteiger partial charge is 0.228 e. The summed E-state index contributed by atoms with van der Waals surface area (Å²) in [5, 5.41) is 46.1. The molecule has 2 aromatic carbocycles. The molecule has 4 rings (SSSR count). The summed E-state index contributed by atoms with van der Waals surface area (Å²) in [7, 11) is 3.48. The Morgan fingerprint density at radius 1 is 1.15 bits per heavy atom. The molecule has 2 amide bonds. The van der Waals surface area contributed by atoms with Gasteiger partial charge in [0.2, 0.25) is 11.8 Å². The summed E-state index contributed by atoms with van der Waals surface area (Å²) in [4.78, 5) is 52.8. The van der Waals surface area contributed by atoms with Gasteiger partial charge in [-0.25, -0.2) is 0 Å². The Morgan fingerprint density at radius 2 is 1.82 bits per heavy atom. The zero-order chi connectivity index (χ0) is 29.4. The van der Waals surface area contributed by atoms with Crippen molar-refractivity contribution in [3.63, 3.8) is 0 Å². The second-order valence-corrected chi connectivity index (χ2v) is 10.5. The average Bonchev–Trinajstić information content (AvgIpc) is 2.88. The Bertz CT molecular complexity index is 1400. The molecule has 0 spiro atoms. The Morgan fingerprint density at radius 3 is 2.42 bits per heavy atom. The number of Topliss-reactive ketones (excluding diaryl/α,β-unsaturated/α-hetero) is 2. The van der Waals surface area contributed by atoms with Gasteiger partial charge in [0, 0.05) is 37.9 Å². The van der Waals surface area contributed by atoms with E-state index in [1.807, 2.05) is 6.07 Å². The van der Waals surface area contributed by atoms with Gasteiger partial charge in [0.15, 0.2) is 22.9 Å². The number of rotatable bonds is 9. The van der Waals surface area contributed by atoms with Gasteiger partial charge in [0.05, 0.1) is 24.1 Å². The van der Waals surface area contributed by atoms with E-state index in [0.717, 1.165) is 5.56 Å². The van der Waals surface area contributed by atoms with Crippen molar-refractivity contribution in [1.29, 1.82) is 0 Å². The van der Waals surface area contributed by atoms with Gasteiger partial charge in [-0.05, 0) is 42.4 Å². The molecule has 2 aliphatic rings. The normalized spacial score (nSPS) is 21.9. The molecule has 40 heavy (non-hydrogen) atoms. The van der Waals surface area contributed by atoms with E-state index in [4.69, 9.17) is 5.73 Å². The zero-order valence-corrected chi connectivity index (χ0v) is 22.3. The molecule has 11 nitrogen and oxygen atoms in total. The van der Waals surface area contributed by atoms with Crippen LogP contribution in [0.5, 0.6) is 5.75 Å². The Labute approximate surface area is 230 Å². The third-order valence-corrected chi connectivity index (χ3v) is 7.69. The van der Waals surface area contributed by atoms with Crippen LogP contribution in [-0.2, 0) is 27.2 Å². The van der Waals surface area contributed by atoms with Gasteiger partial charge < -0.3 is 36.4 Å². The molecule has 0 fully saturated rings. The summed E-state index contributed by atoms with van der Waals surface area (Å²) in [6.07, 6.45) is -0.706. The Hall–Kier alpha value is -4.22. The number of aliphatic hydroxyl groups is 3. The van der Waals surface area contributed by atoms with Gasteiger partial charge >= 0.3 is 0 Å². The molecule has 0 radical (unpaired) electrons. The van der Waals surface area contributed by atoms with Crippen LogP contribution in [0.25, 0.3) is 0 Å². The fourth-order valence-electron chi connectivity index (χ4n) is 5.84. The molecule has 0 aromatic heterocycles. The maximum Gasteiger partial charge on any atom is 0.228 e. The summed E-state index contributed by atoms with van der Waals surface area (Å²) >= 11 is 0. The number of allylic oxidation sites excluding steroid dienone is 1. The number of aliphatic hydroxyl groups excluding tert-OH is 2. The summed E-state index contributed by atoms with van der Waals surface area (Å²) in [5.41, 5.74) is 3.90. The van der Waals surface area contributed by atoms with Crippen LogP contribution in [0, 0.1) is 11.8 Å². The number of benzene rings is 2. The molecule has 0 saturated heterocycles. The predicted octanol–water partition coefficient (Wildman–Crippen LogP) is 1.38. The number of phenolic OH excluding ortho intramolecular Hbond substituents is 1. The number of nitrogens with zero attached hydrogens (tertiary/aromatic N) is 1. The number of hydrogen-bond donors (Lipinski definition) is 6. The first-order chi connectivity index (χ1) is 18.9. The molecule has 11 heteroatoms. The lowest BCUT2D eigenvalue weighted by Crippen LogP contribution is -2.54. The number of carbonyl (C=O) groups excluding carboxylic acids is 4. The molecule has 0 aliphatic heterocycles. The lowest BCUT2D eigenvalue weighted by molar-refractivity contribution is -0.147. The van der Waals surface area contributed by atoms with Crippen molar-refractivity contribution >= 4 is 34.8 Å². The third kappa shape index (κ3) is 5.05. The van der Waals surface area contributed by atoms with Crippen molar-refractivity contribution in [2.45, 2.75) is 37.7 Å². The van der Waals surface area contributed by atoms with E-state index in [9.17, 15) is 39.6 Å². The first kappa shape index (κ1) is 28.8. The van der Waals surface area contributed by atoms with Gasteiger partial charge in [-0.15, -0.1) is 0 Å². The van der Waals surface area contributed by atoms with Crippen molar-refractivity contribution in [1.82, 2.24) is 0 Å². The predicted molar refractivity (Wildman–Crippen MR) is 146 cm³/mol. The number of hydrogen-bond acceptors (Lipinski definition) is 9. The topological polar surface area (TPSA) is 190 Å². The first-order valence-electron chi connectivity index (χ1n) is 12.9. The van der Waals surface area contributed by atoms with Crippen LogP contribution in [0.2, 0.25) is 0 Å². The Balaban J connectivity index is 1.81. The number of phenols is 1. The van der Waals surface area contributed by atoms with Gasteiger partial charge in [-0.1, -0.05) is 30.3 Å². The number of primary amides is 1. The van der Waals surface area contributed by atoms with Crippen LogP contribution >= 0.6 is 0 Å². The minimum Gasteiger partial charge on any atom is -0.508 e. The number of aromatic hydroxyl groups is 1. The van der Waals surface area contributed by atoms with Crippen molar-refractivity contribution in [2.24, 2.45) is 17.6 Å². The quantitative estimate of drug-likeness (QED) is 0.197. The van der Waals surface area contributed by atoms with Crippen LogP contribution in [0.15, 0.2) is 47.7 Å². The van der Waals surface area contributed by atoms with E-state index in [-0.39, 0.29) is 42.5 Å². The highest BCUT2D eigenvalue weighted by Gasteiger charge is 2.55. The standard InChI is InChI=1S/C29H33N3O8/c1-32(2)20-13-19(31-23(36)10-15-6-4-3-5-7-15)26(37)25-18(20)12-16-11-17(8-9-33)29(40,21(34)14-22(30)35)28(39)24(16)27(25)38/h3-7,13,16-17,33,37,39-40H,8-12,14H2,1-2H3,(H2,30,35)(H,31,36)/t16-,17-,29-/m1/s1.